The lowest BCUT2D eigenvalue weighted by atomic mass is 9.98. The van der Waals surface area contributed by atoms with E-state index in [0.717, 1.165) is 0 Å². The predicted octanol–water partition coefficient (Wildman–Crippen LogP) is 1.53. The first-order valence-corrected chi connectivity index (χ1v) is 7.82. The number of piperidine rings is 1. The van der Waals surface area contributed by atoms with Gasteiger partial charge in [-0.1, -0.05) is 6.07 Å². The summed E-state index contributed by atoms with van der Waals surface area (Å²) in [7, 11) is 1.48. The second-order valence-electron chi connectivity index (χ2n) is 6.09. The van der Waals surface area contributed by atoms with Crippen LogP contribution in [0.5, 0.6) is 0 Å². The normalized spacial score (nSPS) is 17.5. The second kappa shape index (κ2) is 7.42. The first-order chi connectivity index (χ1) is 11.3. The summed E-state index contributed by atoms with van der Waals surface area (Å²) >= 11 is 0. The molecule has 2 rings (SSSR count). The second-order valence-corrected chi connectivity index (χ2v) is 6.09. The number of nitrogens with zero attached hydrogens (tertiary/aromatic N) is 2. The highest BCUT2D eigenvalue weighted by Crippen LogP contribution is 2.18. The highest BCUT2D eigenvalue weighted by Gasteiger charge is 2.29. The van der Waals surface area contributed by atoms with Gasteiger partial charge in [-0.2, -0.15) is 0 Å². The molecule has 0 unspecified atom stereocenters. The molecule has 0 aromatic heterocycles. The smallest absolute Gasteiger partial charge is 0.308 e. The molecule has 0 saturated carbocycles. The van der Waals surface area contributed by atoms with E-state index in [1.807, 2.05) is 0 Å². The molecule has 24 heavy (non-hydrogen) atoms. The third-order valence-electron chi connectivity index (χ3n) is 4.34. The molecule has 1 aromatic rings. The summed E-state index contributed by atoms with van der Waals surface area (Å²) in [6, 6.07) is 4.24. The molecule has 1 atom stereocenters. The molecule has 0 spiro atoms. The van der Waals surface area contributed by atoms with Crippen molar-refractivity contribution in [3.63, 3.8) is 0 Å². The number of aliphatic carboxylic acids is 1. The lowest BCUT2D eigenvalue weighted by Gasteiger charge is -2.32. The molecule has 1 aliphatic rings. The lowest BCUT2D eigenvalue weighted by Crippen LogP contribution is -2.47. The fourth-order valence-corrected chi connectivity index (χ4v) is 2.82. The average Bonchev–Trinajstić information content (AvgIpc) is 2.56. The van der Waals surface area contributed by atoms with E-state index >= 15 is 0 Å². The van der Waals surface area contributed by atoms with E-state index in [2.05, 4.69) is 0 Å². The number of carboxylic acids is 1. The molecular formula is C17H21FN2O4. The Bertz CT molecular complexity index is 662. The molecule has 0 radical (unpaired) electrons. The Balaban J connectivity index is 2.02. The number of halogens is 1. The Morgan fingerprint density at radius 3 is 2.75 bits per heavy atom. The first-order valence-electron chi connectivity index (χ1n) is 7.82. The Morgan fingerprint density at radius 2 is 2.08 bits per heavy atom. The Labute approximate surface area is 139 Å². The number of likely N-dealkylation sites (N-methyl/N-ethyl adjacent to an activating group) is 1. The fourth-order valence-electron chi connectivity index (χ4n) is 2.82. The maximum Gasteiger partial charge on any atom is 0.308 e. The predicted molar refractivity (Wildman–Crippen MR) is 85.0 cm³/mol. The number of rotatable bonds is 4. The third kappa shape index (κ3) is 3.90. The van der Waals surface area contributed by atoms with Gasteiger partial charge in [-0.15, -0.1) is 0 Å². The van der Waals surface area contributed by atoms with Crippen molar-refractivity contribution >= 4 is 17.8 Å². The molecule has 1 heterocycles. The number of carboxylic acid groups (broad SMARTS) is 1. The average molecular weight is 336 g/mol. The monoisotopic (exact) mass is 336 g/mol. The molecule has 6 nitrogen and oxygen atoms in total. The summed E-state index contributed by atoms with van der Waals surface area (Å²) in [6.07, 6.45) is 1.18. The molecule has 7 heteroatoms. The summed E-state index contributed by atoms with van der Waals surface area (Å²) in [6.45, 7) is 2.00. The van der Waals surface area contributed by atoms with Crippen molar-refractivity contribution in [2.24, 2.45) is 5.92 Å². The highest BCUT2D eigenvalue weighted by molar-refractivity contribution is 5.97. The van der Waals surface area contributed by atoms with Gasteiger partial charge in [0.15, 0.2) is 0 Å². The molecule has 1 fully saturated rings. The quantitative estimate of drug-likeness (QED) is 0.904. The minimum atomic E-state index is -0.910. The maximum atomic E-state index is 13.6. The Hall–Kier alpha value is -2.44. The number of carbonyl (C=O) groups is 3. The van der Waals surface area contributed by atoms with Crippen molar-refractivity contribution in [2.45, 2.75) is 19.8 Å². The highest BCUT2D eigenvalue weighted by atomic mass is 19.1. The van der Waals surface area contributed by atoms with Crippen LogP contribution in [0.3, 0.4) is 0 Å². The van der Waals surface area contributed by atoms with Gasteiger partial charge in [0.05, 0.1) is 12.5 Å². The summed E-state index contributed by atoms with van der Waals surface area (Å²) in [5.41, 5.74) is 0.457. The van der Waals surface area contributed by atoms with E-state index in [0.29, 0.717) is 19.4 Å². The zero-order valence-electron chi connectivity index (χ0n) is 13.8. The maximum absolute atomic E-state index is 13.6. The van der Waals surface area contributed by atoms with Crippen LogP contribution in [0.4, 0.5) is 4.39 Å². The summed E-state index contributed by atoms with van der Waals surface area (Å²) < 4.78 is 13.6. The molecule has 130 valence electrons. The van der Waals surface area contributed by atoms with E-state index in [4.69, 9.17) is 5.11 Å². The van der Waals surface area contributed by atoms with Crippen molar-refractivity contribution in [2.75, 3.05) is 26.7 Å². The van der Waals surface area contributed by atoms with E-state index in [1.165, 1.54) is 42.0 Å². The van der Waals surface area contributed by atoms with Gasteiger partial charge in [-0.3, -0.25) is 14.4 Å². The summed E-state index contributed by atoms with van der Waals surface area (Å²) in [5.74, 6) is -2.68. The van der Waals surface area contributed by atoms with Crippen LogP contribution >= 0.6 is 0 Å². The number of likely N-dealkylation sites (tertiary alicyclic amines) is 1. The van der Waals surface area contributed by atoms with Gasteiger partial charge in [0.2, 0.25) is 5.91 Å². The Kier molecular flexibility index (Phi) is 5.54. The minimum absolute atomic E-state index is 0.162. The molecule has 1 saturated heterocycles. The van der Waals surface area contributed by atoms with E-state index in [9.17, 15) is 18.8 Å². The van der Waals surface area contributed by atoms with Crippen LogP contribution in [0.2, 0.25) is 0 Å². The molecular weight excluding hydrogens is 315 g/mol. The van der Waals surface area contributed by atoms with Crippen molar-refractivity contribution in [1.29, 1.82) is 0 Å². The van der Waals surface area contributed by atoms with Crippen molar-refractivity contribution < 1.29 is 23.9 Å². The van der Waals surface area contributed by atoms with Gasteiger partial charge < -0.3 is 14.9 Å². The fraction of sp³-hybridized carbons (Fsp3) is 0.471. The number of hydrogen-bond acceptors (Lipinski definition) is 3. The van der Waals surface area contributed by atoms with Gasteiger partial charge in [0.1, 0.15) is 5.82 Å². The van der Waals surface area contributed by atoms with Crippen LogP contribution in [0.25, 0.3) is 0 Å². The van der Waals surface area contributed by atoms with Crippen LogP contribution in [-0.4, -0.2) is 59.4 Å². The zero-order chi connectivity index (χ0) is 17.9. The minimum Gasteiger partial charge on any atom is -0.481 e. The van der Waals surface area contributed by atoms with E-state index in [-0.39, 0.29) is 30.1 Å². The largest absolute Gasteiger partial charge is 0.481 e. The molecule has 2 amide bonds. The van der Waals surface area contributed by atoms with Crippen molar-refractivity contribution in [3.05, 3.63) is 35.1 Å². The summed E-state index contributed by atoms with van der Waals surface area (Å²) in [5, 5.41) is 9.08. The van der Waals surface area contributed by atoms with Gasteiger partial charge in [-0.25, -0.2) is 4.39 Å². The Morgan fingerprint density at radius 1 is 1.38 bits per heavy atom. The number of hydrogen-bond donors (Lipinski definition) is 1. The number of carbonyl (C=O) groups excluding carboxylic acids is 2. The molecule has 1 N–H and O–H groups in total. The van der Waals surface area contributed by atoms with Gasteiger partial charge >= 0.3 is 5.97 Å². The van der Waals surface area contributed by atoms with E-state index < -0.39 is 23.6 Å². The first kappa shape index (κ1) is 17.9. The topological polar surface area (TPSA) is 77.9 Å². The number of amides is 2. The lowest BCUT2D eigenvalue weighted by molar-refractivity contribution is -0.145. The number of benzene rings is 1. The molecule has 0 bridgehead atoms. The van der Waals surface area contributed by atoms with Crippen LogP contribution in [0, 0.1) is 18.7 Å². The zero-order valence-corrected chi connectivity index (χ0v) is 13.8. The van der Waals surface area contributed by atoms with Crippen molar-refractivity contribution in [3.8, 4) is 0 Å². The van der Waals surface area contributed by atoms with Gasteiger partial charge in [-0.05, 0) is 37.5 Å². The standard InChI is InChI=1S/C17H21FN2O4/c1-11-13(6-3-7-14(11)18)16(22)19(2)10-15(21)20-8-4-5-12(9-20)17(23)24/h3,6-7,12H,4-5,8-10H2,1-2H3,(H,23,24)/t12-/m0/s1. The van der Waals surface area contributed by atoms with Crippen LogP contribution in [-0.2, 0) is 9.59 Å². The van der Waals surface area contributed by atoms with Crippen LogP contribution in [0.15, 0.2) is 18.2 Å². The molecule has 0 aliphatic carbocycles. The van der Waals surface area contributed by atoms with E-state index in [1.54, 1.807) is 0 Å². The summed E-state index contributed by atoms with van der Waals surface area (Å²) in [4.78, 5) is 38.5. The van der Waals surface area contributed by atoms with Gasteiger partial charge in [0.25, 0.3) is 5.91 Å². The third-order valence-corrected chi connectivity index (χ3v) is 4.34. The SMILES string of the molecule is Cc1c(F)cccc1C(=O)N(C)CC(=O)N1CCC[C@H](C(=O)O)C1. The van der Waals surface area contributed by atoms with Crippen molar-refractivity contribution in [1.82, 2.24) is 9.80 Å². The molecule has 1 aliphatic heterocycles. The van der Waals surface area contributed by atoms with Crippen LogP contribution < -0.4 is 0 Å². The molecule has 1 aromatic carbocycles. The van der Waals surface area contributed by atoms with Gasteiger partial charge in [0, 0.05) is 25.7 Å². The van der Waals surface area contributed by atoms with Crippen LogP contribution in [0.1, 0.15) is 28.8 Å².